The number of hydrogen-bond acceptors (Lipinski definition) is 6. The number of carbonyl (C=O) groups excluding carboxylic acids is 2. The molecular weight excluding hydrogens is 180 g/mol. The van der Waals surface area contributed by atoms with Crippen LogP contribution < -0.4 is 11.5 Å². The van der Waals surface area contributed by atoms with E-state index in [9.17, 15) is 9.59 Å². The van der Waals surface area contributed by atoms with Gasteiger partial charge in [-0.1, -0.05) is 0 Å². The van der Waals surface area contributed by atoms with Gasteiger partial charge in [0.1, 0.15) is 12.1 Å². The van der Waals surface area contributed by atoms with Gasteiger partial charge in [0.2, 0.25) is 5.91 Å². The van der Waals surface area contributed by atoms with Crippen LogP contribution in [0.25, 0.3) is 0 Å². The molecule has 0 aromatic heterocycles. The van der Waals surface area contributed by atoms with E-state index in [1.165, 1.54) is 0 Å². The summed E-state index contributed by atoms with van der Waals surface area (Å²) in [4.78, 5) is 21.3. The van der Waals surface area contributed by atoms with Gasteiger partial charge in [0.25, 0.3) is 0 Å². The van der Waals surface area contributed by atoms with Gasteiger partial charge in [-0.25, -0.2) is 0 Å². The largest absolute Gasteiger partial charge is 0.393 e. The lowest BCUT2D eigenvalue weighted by Gasteiger charge is -2.16. The van der Waals surface area contributed by atoms with Crippen molar-refractivity contribution in [3.63, 3.8) is 0 Å². The first-order valence-electron chi connectivity index (χ1n) is 3.47. The molecule has 0 radical (unpaired) electrons. The number of amides is 1. The fourth-order valence-electron chi connectivity index (χ4n) is 0.645. The zero-order chi connectivity index (χ0) is 10.6. The number of aliphatic hydroxyl groups is 3. The minimum atomic E-state index is -1.85. The Balaban J connectivity index is 4.33. The molecule has 7 N–H and O–H groups in total. The maximum absolute atomic E-state index is 10.9. The van der Waals surface area contributed by atoms with Crippen molar-refractivity contribution < 1.29 is 24.9 Å². The molecule has 0 aliphatic heterocycles. The lowest BCUT2D eigenvalue weighted by atomic mass is 10.0. The molecule has 13 heavy (non-hydrogen) atoms. The molecule has 0 spiro atoms. The normalized spacial score (nSPS) is 17.5. The second-order valence-electron chi connectivity index (χ2n) is 2.47. The Morgan fingerprint density at radius 3 is 2.08 bits per heavy atom. The highest BCUT2D eigenvalue weighted by molar-refractivity contribution is 5.94. The number of ketones is 1. The van der Waals surface area contributed by atoms with E-state index in [0.717, 1.165) is 0 Å². The van der Waals surface area contributed by atoms with Crippen LogP contribution in [-0.2, 0) is 9.59 Å². The van der Waals surface area contributed by atoms with Crippen molar-refractivity contribution in [1.82, 2.24) is 0 Å². The van der Waals surface area contributed by atoms with E-state index < -0.39 is 36.5 Å². The quantitative estimate of drug-likeness (QED) is 0.300. The zero-order valence-electron chi connectivity index (χ0n) is 6.75. The van der Waals surface area contributed by atoms with Crippen LogP contribution in [0.3, 0.4) is 0 Å². The Labute approximate surface area is 73.9 Å². The number of Topliss-reactive ketones (excluding diaryl/α,β-unsaturated/α-hetero) is 1. The number of hydrogen-bond donors (Lipinski definition) is 5. The highest BCUT2D eigenvalue weighted by atomic mass is 16.3. The number of nitrogens with two attached hydrogens (primary N) is 2. The van der Waals surface area contributed by atoms with Gasteiger partial charge in [0, 0.05) is 0 Å². The van der Waals surface area contributed by atoms with Crippen molar-refractivity contribution in [3.05, 3.63) is 0 Å². The Kier molecular flexibility index (Phi) is 4.49. The topological polar surface area (TPSA) is 147 Å². The standard InChI is InChI=1S/C6H12N2O5/c7-3(5(12)6(8)13)4(11)2(10)1-9/h2-3,5,9-10,12H,1,7H2,(H2,8,13)/t2-,3-,5-/m0/s1. The number of carbonyl (C=O) groups is 2. The van der Waals surface area contributed by atoms with E-state index in [1.807, 2.05) is 0 Å². The number of primary amides is 1. The molecule has 3 atom stereocenters. The van der Waals surface area contributed by atoms with Crippen LogP contribution in [0.1, 0.15) is 0 Å². The van der Waals surface area contributed by atoms with Gasteiger partial charge in [-0.3, -0.25) is 9.59 Å². The molecule has 0 heterocycles. The summed E-state index contributed by atoms with van der Waals surface area (Å²) >= 11 is 0. The molecule has 0 aromatic carbocycles. The molecule has 0 fully saturated rings. The minimum Gasteiger partial charge on any atom is -0.393 e. The van der Waals surface area contributed by atoms with E-state index in [4.69, 9.17) is 21.1 Å². The zero-order valence-corrected chi connectivity index (χ0v) is 6.75. The molecule has 1 amide bonds. The summed E-state index contributed by atoms with van der Waals surface area (Å²) in [5, 5.41) is 26.0. The predicted molar refractivity (Wildman–Crippen MR) is 41.3 cm³/mol. The molecule has 7 heteroatoms. The molecule has 76 valence electrons. The van der Waals surface area contributed by atoms with Gasteiger partial charge < -0.3 is 26.8 Å². The van der Waals surface area contributed by atoms with Crippen LogP contribution in [0.5, 0.6) is 0 Å². The van der Waals surface area contributed by atoms with Crippen LogP contribution >= 0.6 is 0 Å². The van der Waals surface area contributed by atoms with Crippen molar-refractivity contribution in [1.29, 1.82) is 0 Å². The van der Waals surface area contributed by atoms with Crippen LogP contribution in [0, 0.1) is 0 Å². The van der Waals surface area contributed by atoms with Gasteiger partial charge in [-0.2, -0.15) is 0 Å². The summed E-state index contributed by atoms with van der Waals surface area (Å²) < 4.78 is 0. The third-order valence-electron chi connectivity index (χ3n) is 1.46. The molecule has 7 nitrogen and oxygen atoms in total. The third-order valence-corrected chi connectivity index (χ3v) is 1.46. The molecule has 0 rings (SSSR count). The van der Waals surface area contributed by atoms with E-state index >= 15 is 0 Å². The summed E-state index contributed by atoms with van der Waals surface area (Å²) in [6.45, 7) is -0.821. The summed E-state index contributed by atoms with van der Waals surface area (Å²) in [6.07, 6.45) is -3.56. The highest BCUT2D eigenvalue weighted by Gasteiger charge is 2.30. The van der Waals surface area contributed by atoms with E-state index in [0.29, 0.717) is 0 Å². The maximum Gasteiger partial charge on any atom is 0.248 e. The first-order valence-corrected chi connectivity index (χ1v) is 3.47. The van der Waals surface area contributed by atoms with E-state index in [-0.39, 0.29) is 0 Å². The average molecular weight is 192 g/mol. The molecule has 0 saturated heterocycles. The minimum absolute atomic E-state index is 0.821. The Hall–Kier alpha value is -1.02. The van der Waals surface area contributed by atoms with Crippen LogP contribution in [0.4, 0.5) is 0 Å². The van der Waals surface area contributed by atoms with Crippen molar-refractivity contribution in [2.45, 2.75) is 18.2 Å². The third kappa shape index (κ3) is 3.07. The molecule has 0 aromatic rings. The number of aliphatic hydroxyl groups excluding tert-OH is 3. The van der Waals surface area contributed by atoms with E-state index in [1.54, 1.807) is 0 Å². The molecule has 0 aliphatic carbocycles. The molecule has 0 bridgehead atoms. The second-order valence-corrected chi connectivity index (χ2v) is 2.47. The highest BCUT2D eigenvalue weighted by Crippen LogP contribution is 1.96. The van der Waals surface area contributed by atoms with Crippen molar-refractivity contribution in [3.8, 4) is 0 Å². The van der Waals surface area contributed by atoms with Crippen LogP contribution in [-0.4, -0.2) is 51.9 Å². The van der Waals surface area contributed by atoms with Crippen LogP contribution in [0.2, 0.25) is 0 Å². The molecule has 0 saturated carbocycles. The fraction of sp³-hybridized carbons (Fsp3) is 0.667. The number of rotatable bonds is 5. The lowest BCUT2D eigenvalue weighted by Crippen LogP contribution is -2.52. The average Bonchev–Trinajstić information content (AvgIpc) is 2.12. The van der Waals surface area contributed by atoms with Crippen molar-refractivity contribution >= 4 is 11.7 Å². The molecule has 0 aliphatic rings. The van der Waals surface area contributed by atoms with Gasteiger partial charge in [0.05, 0.1) is 6.61 Å². The second kappa shape index (κ2) is 4.87. The lowest BCUT2D eigenvalue weighted by molar-refractivity contribution is -0.138. The first-order chi connectivity index (χ1) is 5.91. The van der Waals surface area contributed by atoms with Crippen molar-refractivity contribution in [2.24, 2.45) is 11.5 Å². The summed E-state index contributed by atoms with van der Waals surface area (Å²) in [5.74, 6) is -2.19. The molecular formula is C6H12N2O5. The van der Waals surface area contributed by atoms with Crippen molar-refractivity contribution in [2.75, 3.05) is 6.61 Å². The Morgan fingerprint density at radius 2 is 1.77 bits per heavy atom. The van der Waals surface area contributed by atoms with Gasteiger partial charge in [-0.15, -0.1) is 0 Å². The van der Waals surface area contributed by atoms with Gasteiger partial charge in [0.15, 0.2) is 11.9 Å². The van der Waals surface area contributed by atoms with Gasteiger partial charge >= 0.3 is 0 Å². The SMILES string of the molecule is NC(=O)[C@@H](O)[C@@H](N)C(=O)[C@@H](O)CO. The van der Waals surface area contributed by atoms with Gasteiger partial charge in [-0.05, 0) is 0 Å². The van der Waals surface area contributed by atoms with E-state index in [2.05, 4.69) is 5.73 Å². The smallest absolute Gasteiger partial charge is 0.248 e. The summed E-state index contributed by atoms with van der Waals surface area (Å²) in [6, 6.07) is -1.61. The summed E-state index contributed by atoms with van der Waals surface area (Å²) in [5.41, 5.74) is 9.72. The monoisotopic (exact) mass is 192 g/mol. The maximum atomic E-state index is 10.9. The fourth-order valence-corrected chi connectivity index (χ4v) is 0.645. The first kappa shape index (κ1) is 12.0. The predicted octanol–water partition coefficient (Wildman–Crippen LogP) is -3.92. The Morgan fingerprint density at radius 1 is 1.31 bits per heavy atom. The molecule has 0 unspecified atom stereocenters. The van der Waals surface area contributed by atoms with Crippen LogP contribution in [0.15, 0.2) is 0 Å². The summed E-state index contributed by atoms with van der Waals surface area (Å²) in [7, 11) is 0. The Bertz CT molecular complexity index is 207.